The van der Waals surface area contributed by atoms with Crippen molar-refractivity contribution in [3.63, 3.8) is 0 Å². The third-order valence-electron chi connectivity index (χ3n) is 4.23. The highest BCUT2D eigenvalue weighted by Crippen LogP contribution is 2.32. The number of hydrogen-bond donors (Lipinski definition) is 1. The molecule has 0 saturated carbocycles. The van der Waals surface area contributed by atoms with Crippen molar-refractivity contribution in [1.29, 1.82) is 0 Å². The van der Waals surface area contributed by atoms with Gasteiger partial charge in [0.2, 0.25) is 0 Å². The molecule has 0 spiro atoms. The summed E-state index contributed by atoms with van der Waals surface area (Å²) in [5.41, 5.74) is 1.57. The molecule has 26 heavy (non-hydrogen) atoms. The fourth-order valence-corrected chi connectivity index (χ4v) is 2.98. The monoisotopic (exact) mass is 355 g/mol. The second kappa shape index (κ2) is 8.61. The molecule has 0 fully saturated rings. The smallest absolute Gasteiger partial charge is 0.251 e. The number of benzene rings is 2. The predicted molar refractivity (Wildman–Crippen MR) is 100 cm³/mol. The van der Waals surface area contributed by atoms with Crippen LogP contribution >= 0.6 is 0 Å². The van der Waals surface area contributed by atoms with E-state index in [1.165, 1.54) is 0 Å². The maximum Gasteiger partial charge on any atom is 0.251 e. The summed E-state index contributed by atoms with van der Waals surface area (Å²) < 4.78 is 17.0. The van der Waals surface area contributed by atoms with Gasteiger partial charge in [-0.1, -0.05) is 25.1 Å². The molecule has 1 aliphatic heterocycles. The summed E-state index contributed by atoms with van der Waals surface area (Å²) in [5.74, 6) is 1.97. The molecule has 1 heterocycles. The second-order valence-corrected chi connectivity index (χ2v) is 6.14. The number of para-hydroxylation sites is 1. The van der Waals surface area contributed by atoms with E-state index in [-0.39, 0.29) is 11.9 Å². The minimum atomic E-state index is -0.130. The Balaban J connectivity index is 1.77. The van der Waals surface area contributed by atoms with E-state index < -0.39 is 0 Å². The van der Waals surface area contributed by atoms with Gasteiger partial charge in [-0.2, -0.15) is 0 Å². The molecule has 0 aliphatic carbocycles. The lowest BCUT2D eigenvalue weighted by Gasteiger charge is -2.26. The molecule has 1 aliphatic rings. The molecule has 2 aromatic rings. The van der Waals surface area contributed by atoms with Gasteiger partial charge in [0.05, 0.1) is 25.9 Å². The minimum absolute atomic E-state index is 0.0565. The summed E-state index contributed by atoms with van der Waals surface area (Å²) in [6.07, 6.45) is 1.66. The van der Waals surface area contributed by atoms with Crippen LogP contribution in [-0.2, 0) is 0 Å². The quantitative estimate of drug-likeness (QED) is 0.811. The largest absolute Gasteiger partial charge is 0.493 e. The first-order valence-electron chi connectivity index (χ1n) is 9.15. The highest BCUT2D eigenvalue weighted by molar-refractivity contribution is 5.95. The van der Waals surface area contributed by atoms with Gasteiger partial charge in [0.1, 0.15) is 5.75 Å². The standard InChI is InChI=1S/C21H25NO4/c1-3-12-25-19-10-9-15(14-20(19)24-4-2)21(23)22-17-11-13-26-18-8-6-5-7-16(17)18/h5-10,14,17H,3-4,11-13H2,1-2H3,(H,22,23). The van der Waals surface area contributed by atoms with Gasteiger partial charge in [-0.3, -0.25) is 4.79 Å². The van der Waals surface area contributed by atoms with Gasteiger partial charge in [-0.25, -0.2) is 0 Å². The van der Waals surface area contributed by atoms with Crippen LogP contribution in [0, 0.1) is 0 Å². The van der Waals surface area contributed by atoms with Crippen LogP contribution in [0.5, 0.6) is 17.2 Å². The fourth-order valence-electron chi connectivity index (χ4n) is 2.98. The van der Waals surface area contributed by atoms with Crippen molar-refractivity contribution < 1.29 is 19.0 Å². The number of rotatable bonds is 7. The molecule has 1 atom stereocenters. The average Bonchev–Trinajstić information content (AvgIpc) is 2.67. The molecular formula is C21H25NO4. The molecule has 1 unspecified atom stereocenters. The Labute approximate surface area is 154 Å². The number of hydrogen-bond acceptors (Lipinski definition) is 4. The topological polar surface area (TPSA) is 56.8 Å². The van der Waals surface area contributed by atoms with E-state index in [1.54, 1.807) is 18.2 Å². The normalized spacial score (nSPS) is 15.5. The van der Waals surface area contributed by atoms with E-state index in [9.17, 15) is 4.79 Å². The average molecular weight is 355 g/mol. The molecule has 1 N–H and O–H groups in total. The molecule has 5 nitrogen and oxygen atoms in total. The van der Waals surface area contributed by atoms with Gasteiger partial charge < -0.3 is 19.5 Å². The van der Waals surface area contributed by atoms with E-state index in [2.05, 4.69) is 5.32 Å². The summed E-state index contributed by atoms with van der Waals surface area (Å²) in [6, 6.07) is 13.1. The van der Waals surface area contributed by atoms with E-state index in [0.717, 1.165) is 24.2 Å². The zero-order chi connectivity index (χ0) is 18.4. The summed E-state index contributed by atoms with van der Waals surface area (Å²) >= 11 is 0. The Kier molecular flexibility index (Phi) is 6.00. The maximum absolute atomic E-state index is 12.8. The number of nitrogens with one attached hydrogen (secondary N) is 1. The van der Waals surface area contributed by atoms with Crippen molar-refractivity contribution in [2.75, 3.05) is 19.8 Å². The third-order valence-corrected chi connectivity index (χ3v) is 4.23. The van der Waals surface area contributed by atoms with Crippen LogP contribution in [0.25, 0.3) is 0 Å². The first kappa shape index (κ1) is 18.1. The van der Waals surface area contributed by atoms with Gasteiger partial charge >= 0.3 is 0 Å². The van der Waals surface area contributed by atoms with Gasteiger partial charge in [0.25, 0.3) is 5.91 Å². The van der Waals surface area contributed by atoms with Crippen molar-refractivity contribution >= 4 is 5.91 Å². The van der Waals surface area contributed by atoms with Crippen molar-refractivity contribution in [2.24, 2.45) is 0 Å². The van der Waals surface area contributed by atoms with Gasteiger partial charge in [0, 0.05) is 17.5 Å². The number of carbonyl (C=O) groups is 1. The number of amides is 1. The van der Waals surface area contributed by atoms with Crippen LogP contribution in [0.15, 0.2) is 42.5 Å². The lowest BCUT2D eigenvalue weighted by molar-refractivity contribution is 0.0924. The lowest BCUT2D eigenvalue weighted by Crippen LogP contribution is -2.32. The first-order chi connectivity index (χ1) is 12.7. The van der Waals surface area contributed by atoms with E-state index in [1.807, 2.05) is 38.1 Å². The Hall–Kier alpha value is -2.69. The van der Waals surface area contributed by atoms with Crippen LogP contribution in [-0.4, -0.2) is 25.7 Å². The molecule has 0 saturated heterocycles. The molecule has 3 rings (SSSR count). The number of fused-ring (bicyclic) bond motifs is 1. The van der Waals surface area contributed by atoms with Gasteiger partial charge in [0.15, 0.2) is 11.5 Å². The minimum Gasteiger partial charge on any atom is -0.493 e. The van der Waals surface area contributed by atoms with E-state index in [4.69, 9.17) is 14.2 Å². The van der Waals surface area contributed by atoms with Crippen LogP contribution in [0.3, 0.4) is 0 Å². The van der Waals surface area contributed by atoms with Gasteiger partial charge in [-0.15, -0.1) is 0 Å². The number of carbonyl (C=O) groups excluding carboxylic acids is 1. The Morgan fingerprint density at radius 3 is 2.81 bits per heavy atom. The molecule has 138 valence electrons. The highest BCUT2D eigenvalue weighted by atomic mass is 16.5. The Bertz CT molecular complexity index is 759. The number of ether oxygens (including phenoxy) is 3. The van der Waals surface area contributed by atoms with E-state index >= 15 is 0 Å². The molecule has 0 aromatic heterocycles. The van der Waals surface area contributed by atoms with Crippen molar-refractivity contribution in [1.82, 2.24) is 5.32 Å². The van der Waals surface area contributed by atoms with Crippen molar-refractivity contribution in [3.05, 3.63) is 53.6 Å². The van der Waals surface area contributed by atoms with Crippen LogP contribution < -0.4 is 19.5 Å². The zero-order valence-corrected chi connectivity index (χ0v) is 15.3. The maximum atomic E-state index is 12.8. The van der Waals surface area contributed by atoms with Crippen LogP contribution in [0.2, 0.25) is 0 Å². The van der Waals surface area contributed by atoms with Crippen molar-refractivity contribution in [2.45, 2.75) is 32.7 Å². The van der Waals surface area contributed by atoms with Crippen LogP contribution in [0.4, 0.5) is 0 Å². The molecule has 0 radical (unpaired) electrons. The third kappa shape index (κ3) is 4.10. The predicted octanol–water partition coefficient (Wildman–Crippen LogP) is 4.13. The molecule has 5 heteroatoms. The Morgan fingerprint density at radius 1 is 1.15 bits per heavy atom. The highest BCUT2D eigenvalue weighted by Gasteiger charge is 2.23. The fraction of sp³-hybridized carbons (Fsp3) is 0.381. The summed E-state index contributed by atoms with van der Waals surface area (Å²) in [5, 5.41) is 3.11. The van der Waals surface area contributed by atoms with Crippen LogP contribution in [0.1, 0.15) is 48.7 Å². The molecule has 2 aromatic carbocycles. The van der Waals surface area contributed by atoms with Gasteiger partial charge in [-0.05, 0) is 37.6 Å². The second-order valence-electron chi connectivity index (χ2n) is 6.14. The molecule has 0 bridgehead atoms. The summed E-state index contributed by atoms with van der Waals surface area (Å²) in [6.45, 7) is 5.69. The zero-order valence-electron chi connectivity index (χ0n) is 15.3. The first-order valence-corrected chi connectivity index (χ1v) is 9.15. The van der Waals surface area contributed by atoms with Crippen molar-refractivity contribution in [3.8, 4) is 17.2 Å². The summed E-state index contributed by atoms with van der Waals surface area (Å²) in [7, 11) is 0. The lowest BCUT2D eigenvalue weighted by atomic mass is 10.00. The van der Waals surface area contributed by atoms with E-state index in [0.29, 0.717) is 36.9 Å². The Morgan fingerprint density at radius 2 is 2.00 bits per heavy atom. The SMILES string of the molecule is CCCOc1ccc(C(=O)NC2CCOc3ccccc32)cc1OCC. The molecular weight excluding hydrogens is 330 g/mol. The molecule has 1 amide bonds. The summed E-state index contributed by atoms with van der Waals surface area (Å²) in [4.78, 5) is 12.8.